The molecule has 9 heteroatoms. The van der Waals surface area contributed by atoms with Crippen LogP contribution in [-0.2, 0) is 0 Å². The minimum atomic E-state index is 0. The number of likely N-dealkylation sites (tertiary alicyclic amines) is 1. The maximum atomic E-state index is 7.51. The topological polar surface area (TPSA) is 108 Å². The summed E-state index contributed by atoms with van der Waals surface area (Å²) < 4.78 is 5.44. The Kier molecular flexibility index (Phi) is 5.61. The van der Waals surface area contributed by atoms with E-state index in [-0.39, 0.29) is 24.3 Å². The van der Waals surface area contributed by atoms with Crippen molar-refractivity contribution in [2.24, 2.45) is 5.73 Å². The molecule has 1 unspecified atom stereocenters. The van der Waals surface area contributed by atoms with Crippen LogP contribution in [0.2, 0.25) is 0 Å². The fraction of sp³-hybridized carbons (Fsp3) is 0.529. The zero-order valence-corrected chi connectivity index (χ0v) is 15.4. The van der Waals surface area contributed by atoms with E-state index in [1.54, 1.807) is 0 Å². The van der Waals surface area contributed by atoms with Crippen molar-refractivity contribution in [3.63, 3.8) is 0 Å². The summed E-state index contributed by atoms with van der Waals surface area (Å²) in [4.78, 5) is 13.2. The molecule has 3 N–H and O–H groups in total. The SMILES string of the molecule is Cl.N=C(N)N1CCC(c2nc(-c3ccc(N4CCCCC4)nc3)no2)C1. The zero-order chi connectivity index (χ0) is 17.2. The first kappa shape index (κ1) is 18.4. The van der Waals surface area contributed by atoms with Gasteiger partial charge in [-0.15, -0.1) is 12.4 Å². The molecule has 8 nitrogen and oxygen atoms in total. The first-order chi connectivity index (χ1) is 12.2. The molecule has 0 radical (unpaired) electrons. The quantitative estimate of drug-likeness (QED) is 0.623. The van der Waals surface area contributed by atoms with Gasteiger partial charge in [-0.05, 0) is 37.8 Å². The number of pyridine rings is 1. The minimum Gasteiger partial charge on any atom is -0.370 e. The van der Waals surface area contributed by atoms with E-state index in [1.165, 1.54) is 19.3 Å². The third-order valence-corrected chi connectivity index (χ3v) is 5.01. The predicted octanol–water partition coefficient (Wildman–Crippen LogP) is 2.23. The summed E-state index contributed by atoms with van der Waals surface area (Å²) in [7, 11) is 0. The summed E-state index contributed by atoms with van der Waals surface area (Å²) in [5, 5.41) is 11.6. The molecule has 0 amide bonds. The minimum absolute atomic E-state index is 0. The maximum Gasteiger partial charge on any atom is 0.231 e. The van der Waals surface area contributed by atoms with E-state index in [2.05, 4.69) is 20.0 Å². The molecule has 140 valence electrons. The van der Waals surface area contributed by atoms with Crippen LogP contribution in [-0.4, -0.2) is 52.2 Å². The number of rotatable bonds is 3. The molecule has 26 heavy (non-hydrogen) atoms. The Labute approximate surface area is 158 Å². The van der Waals surface area contributed by atoms with E-state index >= 15 is 0 Å². The molecule has 0 aliphatic carbocycles. The summed E-state index contributed by atoms with van der Waals surface area (Å²) in [6.45, 7) is 3.56. The highest BCUT2D eigenvalue weighted by atomic mass is 35.5. The Bertz CT molecular complexity index is 742. The molecular formula is C17H24ClN7O. The third kappa shape index (κ3) is 3.75. The van der Waals surface area contributed by atoms with Gasteiger partial charge in [-0.1, -0.05) is 5.16 Å². The number of nitrogens with zero attached hydrogens (tertiary/aromatic N) is 5. The van der Waals surface area contributed by atoms with E-state index in [0.717, 1.165) is 37.4 Å². The van der Waals surface area contributed by atoms with Gasteiger partial charge < -0.3 is 20.1 Å². The number of anilines is 1. The number of nitrogens with two attached hydrogens (primary N) is 1. The van der Waals surface area contributed by atoms with E-state index in [1.807, 2.05) is 23.2 Å². The number of halogens is 1. The number of nitrogens with one attached hydrogen (secondary N) is 1. The van der Waals surface area contributed by atoms with Crippen molar-refractivity contribution in [3.05, 3.63) is 24.2 Å². The molecule has 4 heterocycles. The second-order valence-electron chi connectivity index (χ2n) is 6.73. The lowest BCUT2D eigenvalue weighted by atomic mass is 10.1. The van der Waals surface area contributed by atoms with E-state index in [0.29, 0.717) is 18.3 Å². The van der Waals surface area contributed by atoms with Crippen molar-refractivity contribution in [1.82, 2.24) is 20.0 Å². The Morgan fingerprint density at radius 3 is 2.65 bits per heavy atom. The number of hydrogen-bond acceptors (Lipinski definition) is 6. The highest BCUT2D eigenvalue weighted by Gasteiger charge is 2.29. The zero-order valence-electron chi connectivity index (χ0n) is 14.6. The van der Waals surface area contributed by atoms with Gasteiger partial charge in [0.25, 0.3) is 0 Å². The van der Waals surface area contributed by atoms with Crippen molar-refractivity contribution < 1.29 is 4.52 Å². The molecule has 2 aromatic rings. The summed E-state index contributed by atoms with van der Waals surface area (Å²) >= 11 is 0. The first-order valence-corrected chi connectivity index (χ1v) is 8.84. The molecule has 2 aliphatic rings. The van der Waals surface area contributed by atoms with Gasteiger partial charge in [-0.3, -0.25) is 5.41 Å². The van der Waals surface area contributed by atoms with Gasteiger partial charge in [0.1, 0.15) is 5.82 Å². The van der Waals surface area contributed by atoms with Crippen molar-refractivity contribution in [2.75, 3.05) is 31.1 Å². The molecule has 2 aliphatic heterocycles. The average molecular weight is 378 g/mol. The van der Waals surface area contributed by atoms with Crippen molar-refractivity contribution in [1.29, 1.82) is 5.41 Å². The fourth-order valence-corrected chi connectivity index (χ4v) is 3.53. The van der Waals surface area contributed by atoms with Crippen molar-refractivity contribution in [2.45, 2.75) is 31.6 Å². The summed E-state index contributed by atoms with van der Waals surface area (Å²) in [5.74, 6) is 2.42. The Balaban J connectivity index is 0.00000196. The Morgan fingerprint density at radius 1 is 1.19 bits per heavy atom. The van der Waals surface area contributed by atoms with Crippen LogP contribution in [0, 0.1) is 5.41 Å². The largest absolute Gasteiger partial charge is 0.370 e. The number of guanidine groups is 1. The van der Waals surface area contributed by atoms with Gasteiger partial charge in [0, 0.05) is 37.9 Å². The molecule has 0 bridgehead atoms. The molecule has 0 spiro atoms. The number of piperidine rings is 1. The fourth-order valence-electron chi connectivity index (χ4n) is 3.53. The second kappa shape index (κ2) is 7.90. The smallest absolute Gasteiger partial charge is 0.231 e. The lowest BCUT2D eigenvalue weighted by Gasteiger charge is -2.27. The van der Waals surface area contributed by atoms with E-state index in [4.69, 9.17) is 15.7 Å². The summed E-state index contributed by atoms with van der Waals surface area (Å²) in [5.41, 5.74) is 6.40. The van der Waals surface area contributed by atoms with Gasteiger partial charge in [0.15, 0.2) is 5.96 Å². The molecule has 4 rings (SSSR count). The molecule has 2 saturated heterocycles. The van der Waals surface area contributed by atoms with Gasteiger partial charge in [0.2, 0.25) is 11.7 Å². The molecule has 1 atom stereocenters. The third-order valence-electron chi connectivity index (χ3n) is 5.01. The van der Waals surface area contributed by atoms with Crippen LogP contribution >= 0.6 is 12.4 Å². The van der Waals surface area contributed by atoms with Crippen LogP contribution in [0.5, 0.6) is 0 Å². The van der Waals surface area contributed by atoms with Gasteiger partial charge in [0.05, 0.1) is 5.92 Å². The predicted molar refractivity (Wildman–Crippen MR) is 102 cm³/mol. The Hall–Kier alpha value is -2.35. The monoisotopic (exact) mass is 377 g/mol. The average Bonchev–Trinajstić information content (AvgIpc) is 3.32. The van der Waals surface area contributed by atoms with E-state index < -0.39 is 0 Å². The molecule has 2 aromatic heterocycles. The maximum absolute atomic E-state index is 7.51. The molecule has 0 saturated carbocycles. The standard InChI is InChI=1S/C17H23N7O.ClH/c18-17(19)24-9-6-13(11-24)16-21-15(22-25-16)12-4-5-14(20-10-12)23-7-2-1-3-8-23;/h4-5,10,13H,1-3,6-9,11H2,(H3,18,19);1H. The summed E-state index contributed by atoms with van der Waals surface area (Å²) in [6, 6.07) is 4.03. The van der Waals surface area contributed by atoms with Crippen LogP contribution < -0.4 is 10.6 Å². The Morgan fingerprint density at radius 2 is 2.00 bits per heavy atom. The van der Waals surface area contributed by atoms with Gasteiger partial charge >= 0.3 is 0 Å². The number of aromatic nitrogens is 3. The van der Waals surface area contributed by atoms with Crippen LogP contribution in [0.4, 0.5) is 5.82 Å². The van der Waals surface area contributed by atoms with E-state index in [9.17, 15) is 0 Å². The van der Waals surface area contributed by atoms with Crippen molar-refractivity contribution in [3.8, 4) is 11.4 Å². The first-order valence-electron chi connectivity index (χ1n) is 8.84. The highest BCUT2D eigenvalue weighted by Crippen LogP contribution is 2.28. The van der Waals surface area contributed by atoms with Gasteiger partial charge in [-0.25, -0.2) is 4.98 Å². The van der Waals surface area contributed by atoms with Crippen LogP contribution in [0.3, 0.4) is 0 Å². The van der Waals surface area contributed by atoms with Crippen LogP contribution in [0.15, 0.2) is 22.9 Å². The van der Waals surface area contributed by atoms with Gasteiger partial charge in [-0.2, -0.15) is 4.98 Å². The lowest BCUT2D eigenvalue weighted by molar-refractivity contribution is 0.354. The van der Waals surface area contributed by atoms with Crippen LogP contribution in [0.1, 0.15) is 37.5 Å². The lowest BCUT2D eigenvalue weighted by Crippen LogP contribution is -2.34. The highest BCUT2D eigenvalue weighted by molar-refractivity contribution is 5.85. The second-order valence-corrected chi connectivity index (χ2v) is 6.73. The van der Waals surface area contributed by atoms with Crippen LogP contribution in [0.25, 0.3) is 11.4 Å². The molecule has 2 fully saturated rings. The van der Waals surface area contributed by atoms with Crippen molar-refractivity contribution >= 4 is 24.2 Å². The number of hydrogen-bond donors (Lipinski definition) is 2. The molecular weight excluding hydrogens is 354 g/mol. The molecule has 0 aromatic carbocycles. The summed E-state index contributed by atoms with van der Waals surface area (Å²) in [6.07, 6.45) is 6.46. The normalized spacial score (nSPS) is 20.1.